The van der Waals surface area contributed by atoms with Gasteiger partial charge >= 0.3 is 6.18 Å². The number of carbonyl (C=O) groups excluding carboxylic acids is 1. The van der Waals surface area contributed by atoms with E-state index in [-0.39, 0.29) is 27.4 Å². The second-order valence-electron chi connectivity index (χ2n) is 5.59. The fourth-order valence-corrected chi connectivity index (χ4v) is 2.63. The molecule has 11 heteroatoms. The number of hydrogen-bond donors (Lipinski definition) is 2. The number of amides is 1. The van der Waals surface area contributed by atoms with E-state index in [4.69, 9.17) is 5.73 Å². The highest BCUT2D eigenvalue weighted by atomic mass is 32.1. The molecule has 1 aromatic carbocycles. The average molecular weight is 409 g/mol. The SMILES string of the molecule is NC(=O)/C(=C/n1cnc(-c2cc(S)cc(C(F)(F)F)c2)n1)c1ccnc(F)c1. The van der Waals surface area contributed by atoms with E-state index in [1.54, 1.807) is 0 Å². The molecule has 0 aliphatic carbocycles. The van der Waals surface area contributed by atoms with Gasteiger partial charge in [0.2, 0.25) is 5.95 Å². The van der Waals surface area contributed by atoms with Crippen LogP contribution in [0.1, 0.15) is 11.1 Å². The lowest BCUT2D eigenvalue weighted by molar-refractivity contribution is -0.137. The number of carbonyl (C=O) groups is 1. The van der Waals surface area contributed by atoms with Crippen molar-refractivity contribution in [3.8, 4) is 11.4 Å². The maximum absolute atomic E-state index is 13.3. The third kappa shape index (κ3) is 4.36. The van der Waals surface area contributed by atoms with Gasteiger partial charge < -0.3 is 5.73 Å². The predicted molar refractivity (Wildman–Crippen MR) is 95.3 cm³/mol. The minimum atomic E-state index is -4.56. The summed E-state index contributed by atoms with van der Waals surface area (Å²) in [5.74, 6) is -1.70. The molecule has 0 radical (unpaired) electrons. The Morgan fingerprint density at radius 2 is 1.93 bits per heavy atom. The number of nitrogens with two attached hydrogens (primary N) is 1. The lowest BCUT2D eigenvalue weighted by atomic mass is 10.1. The molecule has 0 aliphatic heterocycles. The number of aromatic nitrogens is 4. The molecular formula is C17H11F4N5OS. The maximum atomic E-state index is 13.3. The van der Waals surface area contributed by atoms with Crippen molar-refractivity contribution in [2.24, 2.45) is 5.73 Å². The molecule has 28 heavy (non-hydrogen) atoms. The second-order valence-corrected chi connectivity index (χ2v) is 6.11. The first-order valence-corrected chi connectivity index (χ1v) is 8.04. The number of benzene rings is 1. The van der Waals surface area contributed by atoms with Gasteiger partial charge in [0, 0.05) is 28.9 Å². The topological polar surface area (TPSA) is 86.7 Å². The maximum Gasteiger partial charge on any atom is 0.416 e. The number of pyridine rings is 1. The third-order valence-electron chi connectivity index (χ3n) is 3.58. The van der Waals surface area contributed by atoms with E-state index in [1.807, 2.05) is 0 Å². The van der Waals surface area contributed by atoms with Crippen LogP contribution < -0.4 is 5.73 Å². The van der Waals surface area contributed by atoms with Crippen LogP contribution >= 0.6 is 12.6 Å². The Morgan fingerprint density at radius 3 is 2.57 bits per heavy atom. The van der Waals surface area contributed by atoms with Crippen LogP contribution in [0.3, 0.4) is 0 Å². The Bertz CT molecular complexity index is 1080. The monoisotopic (exact) mass is 409 g/mol. The molecule has 3 aromatic rings. The average Bonchev–Trinajstić information content (AvgIpc) is 3.07. The quantitative estimate of drug-likeness (QED) is 0.300. The Balaban J connectivity index is 2.01. The zero-order valence-corrected chi connectivity index (χ0v) is 14.7. The highest BCUT2D eigenvalue weighted by Crippen LogP contribution is 2.33. The van der Waals surface area contributed by atoms with Crippen LogP contribution in [0.25, 0.3) is 23.2 Å². The standard InChI is InChI=1S/C17H11F4N5OS/c18-14-5-9(1-2-23-14)13(15(22)27)7-26-8-24-16(25-26)10-3-11(17(19,20)21)6-12(28)4-10/h1-8,28H,(H2,22,27)/b13-7+. The van der Waals surface area contributed by atoms with Crippen molar-refractivity contribution in [3.05, 3.63) is 59.9 Å². The van der Waals surface area contributed by atoms with E-state index < -0.39 is 23.6 Å². The van der Waals surface area contributed by atoms with Gasteiger partial charge in [-0.15, -0.1) is 17.7 Å². The van der Waals surface area contributed by atoms with Crippen molar-refractivity contribution >= 4 is 30.3 Å². The first-order chi connectivity index (χ1) is 13.1. The second kappa shape index (κ2) is 7.43. The summed E-state index contributed by atoms with van der Waals surface area (Å²) < 4.78 is 53.3. The summed E-state index contributed by atoms with van der Waals surface area (Å²) in [6.45, 7) is 0. The number of nitrogens with zero attached hydrogens (tertiary/aromatic N) is 4. The molecule has 3 rings (SSSR count). The summed E-state index contributed by atoms with van der Waals surface area (Å²) in [7, 11) is 0. The number of thiol groups is 1. The zero-order valence-electron chi connectivity index (χ0n) is 13.9. The smallest absolute Gasteiger partial charge is 0.366 e. The van der Waals surface area contributed by atoms with Gasteiger partial charge in [0.05, 0.1) is 11.1 Å². The van der Waals surface area contributed by atoms with Crippen molar-refractivity contribution in [1.82, 2.24) is 19.7 Å². The van der Waals surface area contributed by atoms with Crippen molar-refractivity contribution in [2.45, 2.75) is 11.1 Å². The number of alkyl halides is 3. The molecule has 144 valence electrons. The molecule has 1 amide bonds. The molecule has 2 N–H and O–H groups in total. The molecule has 0 fully saturated rings. The normalized spacial score (nSPS) is 12.2. The van der Waals surface area contributed by atoms with Crippen LogP contribution in [0.2, 0.25) is 0 Å². The van der Waals surface area contributed by atoms with Crippen LogP contribution in [-0.4, -0.2) is 25.7 Å². The van der Waals surface area contributed by atoms with Gasteiger partial charge in [0.25, 0.3) is 5.91 Å². The number of hydrogen-bond acceptors (Lipinski definition) is 5. The van der Waals surface area contributed by atoms with Crippen molar-refractivity contribution < 1.29 is 22.4 Å². The highest BCUT2D eigenvalue weighted by molar-refractivity contribution is 7.80. The minimum absolute atomic E-state index is 0.0256. The fraction of sp³-hybridized carbons (Fsp3) is 0.0588. The van der Waals surface area contributed by atoms with E-state index in [0.717, 1.165) is 29.1 Å². The Hall–Kier alpha value is -3.21. The van der Waals surface area contributed by atoms with Gasteiger partial charge in [0.1, 0.15) is 6.33 Å². The summed E-state index contributed by atoms with van der Waals surface area (Å²) in [4.78, 5) is 19.1. The van der Waals surface area contributed by atoms with Crippen LogP contribution in [0.15, 0.2) is 47.8 Å². The predicted octanol–water partition coefficient (Wildman–Crippen LogP) is 3.27. The largest absolute Gasteiger partial charge is 0.416 e. The number of halogens is 4. The van der Waals surface area contributed by atoms with Crippen molar-refractivity contribution in [2.75, 3.05) is 0 Å². The molecule has 0 unspecified atom stereocenters. The van der Waals surface area contributed by atoms with Gasteiger partial charge in [-0.3, -0.25) is 4.79 Å². The van der Waals surface area contributed by atoms with Gasteiger partial charge in [-0.1, -0.05) is 0 Å². The molecule has 6 nitrogen and oxygen atoms in total. The molecule has 2 aromatic heterocycles. The van der Waals surface area contributed by atoms with Gasteiger partial charge in [-0.05, 0) is 29.8 Å². The molecule has 0 bridgehead atoms. The molecule has 0 aliphatic rings. The molecule has 2 heterocycles. The van der Waals surface area contributed by atoms with E-state index in [0.29, 0.717) is 0 Å². The lowest BCUT2D eigenvalue weighted by Gasteiger charge is -2.08. The van der Waals surface area contributed by atoms with Gasteiger partial charge in [-0.2, -0.15) is 17.6 Å². The molecule has 0 atom stereocenters. The van der Waals surface area contributed by atoms with Crippen molar-refractivity contribution in [3.63, 3.8) is 0 Å². The Kier molecular flexibility index (Phi) is 5.18. The molecule has 0 saturated heterocycles. The minimum Gasteiger partial charge on any atom is -0.366 e. The third-order valence-corrected chi connectivity index (χ3v) is 3.83. The van der Waals surface area contributed by atoms with Crippen LogP contribution in [0, 0.1) is 5.95 Å². The van der Waals surface area contributed by atoms with Crippen LogP contribution in [-0.2, 0) is 11.0 Å². The van der Waals surface area contributed by atoms with Gasteiger partial charge in [-0.25, -0.2) is 14.6 Å². The van der Waals surface area contributed by atoms with E-state index in [1.165, 1.54) is 24.7 Å². The fourth-order valence-electron chi connectivity index (χ4n) is 2.36. The highest BCUT2D eigenvalue weighted by Gasteiger charge is 2.31. The van der Waals surface area contributed by atoms with Crippen molar-refractivity contribution in [1.29, 1.82) is 0 Å². The molecule has 0 spiro atoms. The van der Waals surface area contributed by atoms with Gasteiger partial charge in [0.15, 0.2) is 5.82 Å². The number of primary amides is 1. The van der Waals surface area contributed by atoms with E-state index >= 15 is 0 Å². The summed E-state index contributed by atoms with van der Waals surface area (Å²) in [6.07, 6.45) is -1.04. The van der Waals surface area contributed by atoms with E-state index in [2.05, 4.69) is 27.7 Å². The van der Waals surface area contributed by atoms with E-state index in [9.17, 15) is 22.4 Å². The summed E-state index contributed by atoms with van der Waals surface area (Å²) >= 11 is 3.98. The number of rotatable bonds is 4. The van der Waals surface area contributed by atoms with Crippen LogP contribution in [0.4, 0.5) is 17.6 Å². The summed E-state index contributed by atoms with van der Waals surface area (Å²) in [5, 5.41) is 4.03. The van der Waals surface area contributed by atoms with Crippen LogP contribution in [0.5, 0.6) is 0 Å². The first-order valence-electron chi connectivity index (χ1n) is 7.60. The Labute approximate surface area is 161 Å². The first kappa shape index (κ1) is 19.5. The summed E-state index contributed by atoms with van der Waals surface area (Å²) in [5.41, 5.74) is 4.59. The Morgan fingerprint density at radius 1 is 1.18 bits per heavy atom. The summed E-state index contributed by atoms with van der Waals surface area (Å²) in [6, 6.07) is 5.52. The molecular weight excluding hydrogens is 398 g/mol. The molecule has 0 saturated carbocycles. The lowest BCUT2D eigenvalue weighted by Crippen LogP contribution is -2.14. The zero-order chi connectivity index (χ0) is 20.5.